The van der Waals surface area contributed by atoms with Crippen molar-refractivity contribution in [3.63, 3.8) is 0 Å². The number of pyridine rings is 1. The lowest BCUT2D eigenvalue weighted by Gasteiger charge is -2.21. The molecule has 3 nitrogen and oxygen atoms in total. The largest absolute Gasteiger partial charge is 0.360 e. The van der Waals surface area contributed by atoms with Gasteiger partial charge in [-0.15, -0.1) is 0 Å². The van der Waals surface area contributed by atoms with Crippen LogP contribution in [0.4, 0.5) is 5.82 Å². The zero-order valence-electron chi connectivity index (χ0n) is 14.7. The zero-order chi connectivity index (χ0) is 15.8. The SMILES string of the molecule is CCCCCN(C)c1cc(CNC(C)C)cc(C(C)C)n1. The van der Waals surface area contributed by atoms with Crippen molar-refractivity contribution < 1.29 is 0 Å². The third-order valence-electron chi connectivity index (χ3n) is 3.69. The molecule has 0 fully saturated rings. The topological polar surface area (TPSA) is 28.2 Å². The van der Waals surface area contributed by atoms with E-state index in [4.69, 9.17) is 4.98 Å². The fraction of sp³-hybridized carbons (Fsp3) is 0.722. The van der Waals surface area contributed by atoms with Crippen LogP contribution >= 0.6 is 0 Å². The summed E-state index contributed by atoms with van der Waals surface area (Å²) in [4.78, 5) is 7.13. The first-order valence-electron chi connectivity index (χ1n) is 8.39. The normalized spacial score (nSPS) is 11.4. The molecule has 3 heteroatoms. The lowest BCUT2D eigenvalue weighted by molar-refractivity contribution is 0.587. The summed E-state index contributed by atoms with van der Waals surface area (Å²) in [7, 11) is 2.15. The van der Waals surface area contributed by atoms with Gasteiger partial charge < -0.3 is 10.2 Å². The van der Waals surface area contributed by atoms with E-state index in [0.29, 0.717) is 12.0 Å². The molecule has 0 spiro atoms. The van der Waals surface area contributed by atoms with Gasteiger partial charge in [-0.05, 0) is 30.0 Å². The van der Waals surface area contributed by atoms with Gasteiger partial charge in [0.2, 0.25) is 0 Å². The standard InChI is InChI=1S/C18H33N3/c1-7-8-9-10-21(6)18-12-16(13-19-15(4)5)11-17(20-18)14(2)3/h11-12,14-15,19H,7-10,13H2,1-6H3. The van der Waals surface area contributed by atoms with Crippen LogP contribution in [-0.4, -0.2) is 24.6 Å². The Morgan fingerprint density at radius 2 is 1.86 bits per heavy atom. The monoisotopic (exact) mass is 291 g/mol. The first kappa shape index (κ1) is 18.0. The van der Waals surface area contributed by atoms with Crippen LogP contribution in [0.15, 0.2) is 12.1 Å². The second-order valence-electron chi connectivity index (χ2n) is 6.58. The maximum atomic E-state index is 4.84. The van der Waals surface area contributed by atoms with E-state index in [9.17, 15) is 0 Å². The average Bonchev–Trinajstić information content (AvgIpc) is 2.44. The highest BCUT2D eigenvalue weighted by molar-refractivity contribution is 5.42. The Labute approximate surface area is 131 Å². The number of unbranched alkanes of at least 4 members (excludes halogenated alkanes) is 2. The quantitative estimate of drug-likeness (QED) is 0.686. The van der Waals surface area contributed by atoms with Crippen LogP contribution in [0.2, 0.25) is 0 Å². The fourth-order valence-electron chi connectivity index (χ4n) is 2.22. The van der Waals surface area contributed by atoms with E-state index in [1.165, 1.54) is 30.5 Å². The molecule has 0 saturated carbocycles. The van der Waals surface area contributed by atoms with Crippen molar-refractivity contribution in [3.8, 4) is 0 Å². The third kappa shape index (κ3) is 6.47. The molecule has 120 valence electrons. The first-order chi connectivity index (χ1) is 9.93. The zero-order valence-corrected chi connectivity index (χ0v) is 14.7. The molecule has 1 N–H and O–H groups in total. The third-order valence-corrected chi connectivity index (χ3v) is 3.69. The second kappa shape index (κ2) is 9.04. The van der Waals surface area contributed by atoms with E-state index in [1.807, 2.05) is 0 Å². The molecule has 0 amide bonds. The molecule has 0 aliphatic carbocycles. The summed E-state index contributed by atoms with van der Waals surface area (Å²) in [6, 6.07) is 4.97. The van der Waals surface area contributed by atoms with Crippen LogP contribution in [0.5, 0.6) is 0 Å². The highest BCUT2D eigenvalue weighted by Gasteiger charge is 2.09. The lowest BCUT2D eigenvalue weighted by Crippen LogP contribution is -2.23. The number of nitrogens with one attached hydrogen (secondary N) is 1. The van der Waals surface area contributed by atoms with Gasteiger partial charge >= 0.3 is 0 Å². The molecule has 1 heterocycles. The fourth-order valence-corrected chi connectivity index (χ4v) is 2.22. The minimum absolute atomic E-state index is 0.465. The highest BCUT2D eigenvalue weighted by atomic mass is 15.2. The lowest BCUT2D eigenvalue weighted by atomic mass is 10.1. The van der Waals surface area contributed by atoms with Gasteiger partial charge in [0, 0.05) is 31.9 Å². The highest BCUT2D eigenvalue weighted by Crippen LogP contribution is 2.20. The molecule has 1 aromatic rings. The van der Waals surface area contributed by atoms with Gasteiger partial charge in [-0.2, -0.15) is 0 Å². The molecule has 21 heavy (non-hydrogen) atoms. The van der Waals surface area contributed by atoms with Crippen LogP contribution < -0.4 is 10.2 Å². The van der Waals surface area contributed by atoms with Crippen molar-refractivity contribution in [1.82, 2.24) is 10.3 Å². The number of aromatic nitrogens is 1. The van der Waals surface area contributed by atoms with Crippen LogP contribution in [0, 0.1) is 0 Å². The van der Waals surface area contributed by atoms with Crippen molar-refractivity contribution >= 4 is 5.82 Å². The van der Waals surface area contributed by atoms with Crippen molar-refractivity contribution in [1.29, 1.82) is 0 Å². The Kier molecular flexibility index (Phi) is 7.73. The minimum atomic E-state index is 0.465. The van der Waals surface area contributed by atoms with Gasteiger partial charge in [-0.3, -0.25) is 0 Å². The van der Waals surface area contributed by atoms with E-state index in [0.717, 1.165) is 18.9 Å². The molecule has 0 aromatic carbocycles. The molecule has 1 rings (SSSR count). The summed E-state index contributed by atoms with van der Waals surface area (Å²) < 4.78 is 0. The molecule has 0 bridgehead atoms. The van der Waals surface area contributed by atoms with Gasteiger partial charge in [-0.1, -0.05) is 47.5 Å². The number of hydrogen-bond acceptors (Lipinski definition) is 3. The molecule has 0 aliphatic rings. The summed E-state index contributed by atoms with van der Waals surface area (Å²) >= 11 is 0. The first-order valence-corrected chi connectivity index (χ1v) is 8.39. The molecule has 0 unspecified atom stereocenters. The van der Waals surface area contributed by atoms with Gasteiger partial charge in [0.15, 0.2) is 0 Å². The predicted octanol–water partition coefficient (Wildman–Crippen LogP) is 4.33. The maximum absolute atomic E-state index is 4.84. The summed E-state index contributed by atoms with van der Waals surface area (Å²) in [5.74, 6) is 1.57. The van der Waals surface area contributed by atoms with Crippen molar-refractivity contribution in [2.24, 2.45) is 0 Å². The Morgan fingerprint density at radius 3 is 2.43 bits per heavy atom. The molecular formula is C18H33N3. The number of rotatable bonds is 9. The van der Waals surface area contributed by atoms with Crippen LogP contribution in [0.25, 0.3) is 0 Å². The number of nitrogens with zero attached hydrogens (tertiary/aromatic N) is 2. The summed E-state index contributed by atoms with van der Waals surface area (Å²) in [5.41, 5.74) is 2.52. The minimum Gasteiger partial charge on any atom is -0.360 e. The molecule has 0 atom stereocenters. The smallest absolute Gasteiger partial charge is 0.128 e. The maximum Gasteiger partial charge on any atom is 0.128 e. The molecular weight excluding hydrogens is 258 g/mol. The summed E-state index contributed by atoms with van der Waals surface area (Å²) in [6.07, 6.45) is 3.78. The Hall–Kier alpha value is -1.09. The molecule has 0 aliphatic heterocycles. The average molecular weight is 291 g/mol. The number of anilines is 1. The molecule has 1 aromatic heterocycles. The van der Waals surface area contributed by atoms with Gasteiger partial charge in [0.25, 0.3) is 0 Å². The Bertz CT molecular complexity index is 413. The van der Waals surface area contributed by atoms with Crippen molar-refractivity contribution in [2.75, 3.05) is 18.5 Å². The van der Waals surface area contributed by atoms with E-state index in [2.05, 4.69) is 64.0 Å². The Morgan fingerprint density at radius 1 is 1.14 bits per heavy atom. The van der Waals surface area contributed by atoms with Crippen LogP contribution in [0.3, 0.4) is 0 Å². The van der Waals surface area contributed by atoms with E-state index < -0.39 is 0 Å². The van der Waals surface area contributed by atoms with Gasteiger partial charge in [-0.25, -0.2) is 4.98 Å². The van der Waals surface area contributed by atoms with E-state index in [-0.39, 0.29) is 0 Å². The van der Waals surface area contributed by atoms with Gasteiger partial charge in [0.1, 0.15) is 5.82 Å². The van der Waals surface area contributed by atoms with Crippen LogP contribution in [0.1, 0.15) is 71.1 Å². The van der Waals surface area contributed by atoms with Crippen molar-refractivity contribution in [2.45, 2.75) is 72.4 Å². The van der Waals surface area contributed by atoms with Gasteiger partial charge in [0.05, 0.1) is 0 Å². The molecule has 0 saturated heterocycles. The van der Waals surface area contributed by atoms with E-state index >= 15 is 0 Å². The summed E-state index contributed by atoms with van der Waals surface area (Å²) in [6.45, 7) is 13.0. The summed E-state index contributed by atoms with van der Waals surface area (Å²) in [5, 5.41) is 3.50. The predicted molar refractivity (Wildman–Crippen MR) is 93.1 cm³/mol. The van der Waals surface area contributed by atoms with Crippen molar-refractivity contribution in [3.05, 3.63) is 23.4 Å². The number of hydrogen-bond donors (Lipinski definition) is 1. The van der Waals surface area contributed by atoms with E-state index in [1.54, 1.807) is 0 Å². The van der Waals surface area contributed by atoms with Crippen LogP contribution in [-0.2, 0) is 6.54 Å². The second-order valence-corrected chi connectivity index (χ2v) is 6.58. The molecule has 0 radical (unpaired) electrons. The Balaban J connectivity index is 2.85.